The van der Waals surface area contributed by atoms with Crippen molar-refractivity contribution in [2.45, 2.75) is 43.6 Å². The molecule has 2 aromatic heterocycles. The monoisotopic (exact) mass is 597 g/mol. The molecule has 1 aromatic carbocycles. The van der Waals surface area contributed by atoms with Crippen molar-refractivity contribution in [2.75, 3.05) is 26.3 Å². The van der Waals surface area contributed by atoms with Crippen molar-refractivity contribution in [1.29, 1.82) is 0 Å². The van der Waals surface area contributed by atoms with E-state index in [0.717, 1.165) is 38.4 Å². The normalized spacial score (nSPS) is 25.4. The number of aromatic nitrogens is 3. The minimum atomic E-state index is -0.322. The van der Waals surface area contributed by atoms with Crippen LogP contribution in [0.3, 0.4) is 0 Å². The van der Waals surface area contributed by atoms with Gasteiger partial charge in [0.2, 0.25) is 5.91 Å². The predicted molar refractivity (Wildman–Crippen MR) is 150 cm³/mol. The summed E-state index contributed by atoms with van der Waals surface area (Å²) in [4.78, 5) is 44.4. The Bertz CT molecular complexity index is 1730. The molecule has 3 aliphatic carbocycles. The van der Waals surface area contributed by atoms with Crippen molar-refractivity contribution in [3.05, 3.63) is 86.5 Å². The number of hydrogen-bond acceptors (Lipinski definition) is 6. The first-order valence-electron chi connectivity index (χ1n) is 13.9. The zero-order valence-electron chi connectivity index (χ0n) is 22.0. The molecule has 1 atom stereocenters. The second-order valence-corrected chi connectivity index (χ2v) is 12.5. The minimum absolute atomic E-state index is 0.101. The first-order chi connectivity index (χ1) is 19.5. The van der Waals surface area contributed by atoms with Gasteiger partial charge in [0.15, 0.2) is 0 Å². The third-order valence-corrected chi connectivity index (χ3v) is 10.2. The Labute approximate surface area is 239 Å². The highest BCUT2D eigenvalue weighted by atomic mass is 79.9. The van der Waals surface area contributed by atoms with Crippen LogP contribution in [-0.4, -0.2) is 62.7 Å². The summed E-state index contributed by atoms with van der Waals surface area (Å²) in [7, 11) is 0. The van der Waals surface area contributed by atoms with Gasteiger partial charge in [-0.3, -0.25) is 24.6 Å². The maximum Gasteiger partial charge on any atom is 0.256 e. The molecular formula is C30H28BrN7O2. The van der Waals surface area contributed by atoms with Gasteiger partial charge in [0.1, 0.15) is 6.67 Å². The summed E-state index contributed by atoms with van der Waals surface area (Å²) in [5.41, 5.74) is 6.09. The fraction of sp³-hybridized carbons (Fsp3) is 0.400. The van der Waals surface area contributed by atoms with Crippen LogP contribution in [0.2, 0.25) is 0 Å². The molecule has 0 radical (unpaired) electrons. The molecule has 202 valence electrons. The molecule has 40 heavy (non-hydrogen) atoms. The van der Waals surface area contributed by atoms with Crippen LogP contribution in [0.1, 0.15) is 58.3 Å². The molecule has 0 spiro atoms. The van der Waals surface area contributed by atoms with Crippen molar-refractivity contribution >= 4 is 27.7 Å². The van der Waals surface area contributed by atoms with E-state index >= 15 is 0 Å². The molecule has 3 fully saturated rings. The number of benzene rings is 1. The average molecular weight is 599 g/mol. The highest BCUT2D eigenvalue weighted by Crippen LogP contribution is 2.64. The van der Waals surface area contributed by atoms with Crippen molar-refractivity contribution in [2.24, 2.45) is 15.9 Å². The molecule has 3 aliphatic heterocycles. The van der Waals surface area contributed by atoms with Gasteiger partial charge < -0.3 is 9.80 Å². The van der Waals surface area contributed by atoms with Crippen LogP contribution in [-0.2, 0) is 23.1 Å². The molecule has 0 saturated heterocycles. The molecule has 3 aromatic rings. The Balaban J connectivity index is 1.19. The Morgan fingerprint density at radius 2 is 1.88 bits per heavy atom. The van der Waals surface area contributed by atoms with E-state index in [9.17, 15) is 9.59 Å². The van der Waals surface area contributed by atoms with Crippen LogP contribution in [0.25, 0.3) is 5.69 Å². The van der Waals surface area contributed by atoms with Gasteiger partial charge in [-0.2, -0.15) is 5.10 Å². The van der Waals surface area contributed by atoms with Crippen molar-refractivity contribution in [1.82, 2.24) is 24.6 Å². The van der Waals surface area contributed by atoms with Crippen LogP contribution >= 0.6 is 15.9 Å². The quantitative estimate of drug-likeness (QED) is 0.432. The van der Waals surface area contributed by atoms with Crippen LogP contribution in [0.15, 0.2) is 57.6 Å². The van der Waals surface area contributed by atoms with Gasteiger partial charge in [-0.15, -0.1) is 0 Å². The SMILES string of the molecule is C=CC(=O)N1CCc2nn(-c3ccc(C45CC(C4)C5)nc3)c3c2C(C1)N(C(=O)c1ccc(Br)c2c1=NCN=2)CC3. The van der Waals surface area contributed by atoms with E-state index in [1.807, 2.05) is 27.9 Å². The summed E-state index contributed by atoms with van der Waals surface area (Å²) in [6.07, 6.45) is 8.40. The number of carbonyl (C=O) groups is 2. The first kappa shape index (κ1) is 24.2. The average Bonchev–Trinajstić information content (AvgIpc) is 3.50. The maximum absolute atomic E-state index is 14.1. The molecule has 3 saturated carbocycles. The highest BCUT2D eigenvalue weighted by Gasteiger charge is 2.58. The molecule has 2 amide bonds. The second kappa shape index (κ2) is 8.67. The van der Waals surface area contributed by atoms with E-state index in [-0.39, 0.29) is 17.9 Å². The van der Waals surface area contributed by atoms with Crippen molar-refractivity contribution in [3.63, 3.8) is 0 Å². The number of carbonyl (C=O) groups excluding carboxylic acids is 2. The lowest BCUT2D eigenvalue weighted by Gasteiger charge is -2.61. The molecule has 1 unspecified atom stereocenters. The Hall–Kier alpha value is -3.66. The fourth-order valence-corrected chi connectivity index (χ4v) is 7.81. The lowest BCUT2D eigenvalue weighted by Crippen LogP contribution is -2.55. The zero-order valence-corrected chi connectivity index (χ0v) is 23.6. The fourth-order valence-electron chi connectivity index (χ4n) is 7.37. The van der Waals surface area contributed by atoms with Gasteiger partial charge in [-0.1, -0.05) is 6.58 Å². The van der Waals surface area contributed by atoms with Gasteiger partial charge in [-0.05, 0) is 71.5 Å². The summed E-state index contributed by atoms with van der Waals surface area (Å²) in [6.45, 7) is 5.44. The predicted octanol–water partition coefficient (Wildman–Crippen LogP) is 2.60. The third kappa shape index (κ3) is 3.38. The lowest BCUT2D eigenvalue weighted by molar-refractivity contribution is -0.126. The van der Waals surface area contributed by atoms with E-state index < -0.39 is 0 Å². The van der Waals surface area contributed by atoms with E-state index in [4.69, 9.17) is 10.1 Å². The number of nitrogens with zero attached hydrogens (tertiary/aromatic N) is 7. The Morgan fingerprint density at radius 3 is 2.60 bits per heavy atom. The standard InChI is InChI=1S/C30H28BrN7O2/c1-2-25(39)36-9-7-21-26-22(38(35-21)18-3-6-24(32-14-18)30-11-17(12-30)13-30)8-10-37(23(26)15-36)29(40)19-4-5-20(31)28-27(19)33-16-34-28/h2-6,14,17,23H,1,7-13,15-16H2. The molecule has 6 aliphatic rings. The van der Waals surface area contributed by atoms with E-state index in [2.05, 4.69) is 44.6 Å². The largest absolute Gasteiger partial charge is 0.336 e. The molecule has 9 rings (SSSR count). The minimum Gasteiger partial charge on any atom is -0.336 e. The molecule has 10 heteroatoms. The van der Waals surface area contributed by atoms with Gasteiger partial charge in [0, 0.05) is 53.6 Å². The molecule has 0 N–H and O–H groups in total. The topological polar surface area (TPSA) is 96.1 Å². The van der Waals surface area contributed by atoms with E-state index in [1.165, 1.54) is 31.0 Å². The van der Waals surface area contributed by atoms with Crippen LogP contribution < -0.4 is 10.7 Å². The number of rotatable bonds is 4. The summed E-state index contributed by atoms with van der Waals surface area (Å²) in [6, 6.07) is 7.67. The highest BCUT2D eigenvalue weighted by molar-refractivity contribution is 9.10. The zero-order chi connectivity index (χ0) is 27.2. The van der Waals surface area contributed by atoms with Gasteiger partial charge >= 0.3 is 0 Å². The van der Waals surface area contributed by atoms with Gasteiger partial charge in [-0.25, -0.2) is 4.68 Å². The number of halogens is 1. The number of fused-ring (bicyclic) bond motifs is 1. The lowest BCUT2D eigenvalue weighted by atomic mass is 9.43. The maximum atomic E-state index is 14.1. The summed E-state index contributed by atoms with van der Waals surface area (Å²) in [5.74, 6) is 0.671. The number of pyridine rings is 1. The van der Waals surface area contributed by atoms with Crippen LogP contribution in [0, 0.1) is 5.92 Å². The molecule has 2 bridgehead atoms. The van der Waals surface area contributed by atoms with E-state index in [1.54, 1.807) is 4.90 Å². The first-order valence-corrected chi connectivity index (χ1v) is 14.7. The van der Waals surface area contributed by atoms with Gasteiger partial charge in [0.25, 0.3) is 5.91 Å². The van der Waals surface area contributed by atoms with Crippen molar-refractivity contribution in [3.8, 4) is 5.69 Å². The number of amides is 2. The summed E-state index contributed by atoms with van der Waals surface area (Å²) < 4.78 is 2.85. The number of hydrogen-bond donors (Lipinski definition) is 0. The summed E-state index contributed by atoms with van der Waals surface area (Å²) in [5, 5.41) is 6.42. The third-order valence-electron chi connectivity index (χ3n) is 9.52. The van der Waals surface area contributed by atoms with E-state index in [0.29, 0.717) is 55.5 Å². The van der Waals surface area contributed by atoms with Crippen LogP contribution in [0.5, 0.6) is 0 Å². The van der Waals surface area contributed by atoms with Crippen LogP contribution in [0.4, 0.5) is 0 Å². The molecule has 9 nitrogen and oxygen atoms in total. The molecule has 5 heterocycles. The Morgan fingerprint density at radius 1 is 1.05 bits per heavy atom. The Kier molecular flexibility index (Phi) is 5.24. The second-order valence-electron chi connectivity index (χ2n) is 11.6. The van der Waals surface area contributed by atoms with Crippen molar-refractivity contribution < 1.29 is 9.59 Å². The molecular weight excluding hydrogens is 570 g/mol. The smallest absolute Gasteiger partial charge is 0.256 e. The summed E-state index contributed by atoms with van der Waals surface area (Å²) >= 11 is 3.54. The van der Waals surface area contributed by atoms with Gasteiger partial charge in [0.05, 0.1) is 45.6 Å².